The van der Waals surface area contributed by atoms with Gasteiger partial charge in [-0.2, -0.15) is 0 Å². The first-order chi connectivity index (χ1) is 12.5. The maximum Gasteiger partial charge on any atom is 0.138 e. The highest BCUT2D eigenvalue weighted by Gasteiger charge is 2.24. The number of aryl methyl sites for hydroxylation is 1. The van der Waals surface area contributed by atoms with E-state index in [9.17, 15) is 10.2 Å². The van der Waals surface area contributed by atoms with E-state index >= 15 is 0 Å². The van der Waals surface area contributed by atoms with Crippen molar-refractivity contribution in [2.75, 3.05) is 5.32 Å². The molecule has 0 fully saturated rings. The molecular weight excluding hydrogens is 346 g/mol. The van der Waals surface area contributed by atoms with E-state index in [0.717, 1.165) is 40.4 Å². The summed E-state index contributed by atoms with van der Waals surface area (Å²) in [5.74, 6) is 1.71. The first-order valence-corrected chi connectivity index (χ1v) is 9.83. The molecule has 3 aromatic rings. The summed E-state index contributed by atoms with van der Waals surface area (Å²) in [6.45, 7) is 4.24. The lowest BCUT2D eigenvalue weighted by atomic mass is 9.89. The second-order valence-corrected chi connectivity index (χ2v) is 8.31. The Morgan fingerprint density at radius 2 is 2.00 bits per heavy atom. The van der Waals surface area contributed by atoms with Gasteiger partial charge in [0.1, 0.15) is 22.7 Å². The third-order valence-electron chi connectivity index (χ3n) is 5.16. The Balaban J connectivity index is 1.63. The van der Waals surface area contributed by atoms with Crippen LogP contribution in [0.4, 0.5) is 5.82 Å². The molecular formula is C20H23N3O2S. The average Bonchev–Trinajstić information content (AvgIpc) is 3.00. The van der Waals surface area contributed by atoms with Gasteiger partial charge in [-0.05, 0) is 55.4 Å². The van der Waals surface area contributed by atoms with Gasteiger partial charge in [0.15, 0.2) is 0 Å². The van der Waals surface area contributed by atoms with Crippen LogP contribution in [0.25, 0.3) is 10.2 Å². The van der Waals surface area contributed by atoms with Gasteiger partial charge >= 0.3 is 0 Å². The number of nitrogens with one attached hydrogen (secondary N) is 1. The van der Waals surface area contributed by atoms with Crippen molar-refractivity contribution in [3.63, 3.8) is 0 Å². The second-order valence-electron chi connectivity index (χ2n) is 7.22. The fraction of sp³-hybridized carbons (Fsp3) is 0.400. The van der Waals surface area contributed by atoms with E-state index in [1.807, 2.05) is 6.92 Å². The Hall–Kier alpha value is -2.18. The Morgan fingerprint density at radius 3 is 2.77 bits per heavy atom. The molecule has 136 valence electrons. The summed E-state index contributed by atoms with van der Waals surface area (Å²) in [5.41, 5.74) is 2.13. The average molecular weight is 369 g/mol. The van der Waals surface area contributed by atoms with Crippen molar-refractivity contribution in [3.8, 4) is 5.75 Å². The number of aliphatic hydroxyl groups is 1. The molecule has 1 aliphatic carbocycles. The second kappa shape index (κ2) is 6.85. The number of nitrogens with zero attached hydrogens (tertiary/aromatic N) is 2. The molecule has 3 N–H and O–H groups in total. The lowest BCUT2D eigenvalue weighted by Crippen LogP contribution is -2.25. The molecule has 0 spiro atoms. The lowest BCUT2D eigenvalue weighted by molar-refractivity contribution is 0.160. The van der Waals surface area contributed by atoms with E-state index in [4.69, 9.17) is 0 Å². The van der Waals surface area contributed by atoms with Gasteiger partial charge in [0.05, 0.1) is 17.5 Å². The Kier molecular flexibility index (Phi) is 4.54. The van der Waals surface area contributed by atoms with Gasteiger partial charge in [0.25, 0.3) is 0 Å². The molecule has 4 rings (SSSR count). The number of thiophene rings is 1. The maximum absolute atomic E-state index is 10.7. The molecule has 2 aromatic heterocycles. The normalized spacial score (nSPS) is 19.1. The van der Waals surface area contributed by atoms with E-state index < -0.39 is 6.10 Å². The van der Waals surface area contributed by atoms with Crippen LogP contribution < -0.4 is 5.32 Å². The van der Waals surface area contributed by atoms with Crippen LogP contribution in [-0.4, -0.2) is 26.2 Å². The monoisotopic (exact) mass is 369 g/mol. The maximum atomic E-state index is 10.7. The molecule has 0 aliphatic heterocycles. The van der Waals surface area contributed by atoms with E-state index in [1.54, 1.807) is 41.9 Å². The van der Waals surface area contributed by atoms with E-state index in [2.05, 4.69) is 22.2 Å². The van der Waals surface area contributed by atoms with Crippen molar-refractivity contribution in [1.82, 2.24) is 9.97 Å². The standard InChI is InChI=1S/C20H23N3O2S/c1-11-3-8-15-16(9-11)26-20-17(15)19(21-10-22-20)23-12(2)18(25)13-4-6-14(24)7-5-13/h4-7,10-12,18,24-25H,3,8-9H2,1-2H3,(H,21,22,23). The molecule has 0 radical (unpaired) electrons. The number of hydrogen-bond acceptors (Lipinski definition) is 6. The summed E-state index contributed by atoms with van der Waals surface area (Å²) in [6.07, 6.45) is 4.26. The summed E-state index contributed by atoms with van der Waals surface area (Å²) >= 11 is 1.77. The number of benzene rings is 1. The smallest absolute Gasteiger partial charge is 0.138 e. The molecule has 26 heavy (non-hydrogen) atoms. The van der Waals surface area contributed by atoms with Crippen LogP contribution in [-0.2, 0) is 12.8 Å². The van der Waals surface area contributed by atoms with E-state index in [1.165, 1.54) is 16.9 Å². The Labute approximate surface area is 156 Å². The number of aliphatic hydroxyl groups excluding tert-OH is 1. The predicted octanol–water partition coefficient (Wildman–Crippen LogP) is 4.06. The first-order valence-electron chi connectivity index (χ1n) is 9.01. The minimum absolute atomic E-state index is 0.193. The van der Waals surface area contributed by atoms with Crippen LogP contribution in [0, 0.1) is 5.92 Å². The van der Waals surface area contributed by atoms with Gasteiger partial charge in [0, 0.05) is 4.88 Å². The molecule has 3 atom stereocenters. The molecule has 0 saturated carbocycles. The number of phenols is 1. The number of phenolic OH excluding ortho intramolecular Hbond substituents is 1. The van der Waals surface area contributed by atoms with Crippen LogP contribution in [0.5, 0.6) is 5.75 Å². The minimum Gasteiger partial charge on any atom is -0.508 e. The summed E-state index contributed by atoms with van der Waals surface area (Å²) < 4.78 is 0. The van der Waals surface area contributed by atoms with E-state index in [0.29, 0.717) is 0 Å². The molecule has 1 aliphatic rings. The van der Waals surface area contributed by atoms with Gasteiger partial charge in [-0.15, -0.1) is 11.3 Å². The van der Waals surface area contributed by atoms with Crippen molar-refractivity contribution in [2.45, 2.75) is 45.3 Å². The molecule has 3 unspecified atom stereocenters. The lowest BCUT2D eigenvalue weighted by Gasteiger charge is -2.22. The highest BCUT2D eigenvalue weighted by Crippen LogP contribution is 2.40. The number of hydrogen-bond donors (Lipinski definition) is 3. The molecule has 0 amide bonds. The van der Waals surface area contributed by atoms with Crippen LogP contribution in [0.1, 0.15) is 42.4 Å². The third kappa shape index (κ3) is 3.15. The van der Waals surface area contributed by atoms with Gasteiger partial charge in [-0.25, -0.2) is 9.97 Å². The number of aromatic hydroxyl groups is 1. The summed E-state index contributed by atoms with van der Waals surface area (Å²) in [4.78, 5) is 11.4. The predicted molar refractivity (Wildman–Crippen MR) is 105 cm³/mol. The minimum atomic E-state index is -0.699. The van der Waals surface area contributed by atoms with Crippen molar-refractivity contribution in [3.05, 3.63) is 46.6 Å². The van der Waals surface area contributed by atoms with Gasteiger partial charge in [-0.1, -0.05) is 19.1 Å². The topological polar surface area (TPSA) is 78.3 Å². The van der Waals surface area contributed by atoms with Gasteiger partial charge < -0.3 is 15.5 Å². The van der Waals surface area contributed by atoms with Gasteiger partial charge in [0.2, 0.25) is 0 Å². The fourth-order valence-electron chi connectivity index (χ4n) is 3.64. The van der Waals surface area contributed by atoms with Crippen LogP contribution in [0.2, 0.25) is 0 Å². The molecule has 0 bridgehead atoms. The largest absolute Gasteiger partial charge is 0.508 e. The van der Waals surface area contributed by atoms with Gasteiger partial charge in [-0.3, -0.25) is 0 Å². The molecule has 6 heteroatoms. The number of aromatic nitrogens is 2. The SMILES string of the molecule is CC1CCc2c(sc3ncnc(NC(C)C(O)c4ccc(O)cc4)c23)C1. The zero-order valence-electron chi connectivity index (χ0n) is 14.9. The summed E-state index contributed by atoms with van der Waals surface area (Å²) in [7, 11) is 0. The highest BCUT2D eigenvalue weighted by atomic mass is 32.1. The quantitative estimate of drug-likeness (QED) is 0.646. The zero-order valence-corrected chi connectivity index (χ0v) is 15.8. The Bertz CT molecular complexity index is 923. The molecule has 2 heterocycles. The van der Waals surface area contributed by atoms with Crippen molar-refractivity contribution < 1.29 is 10.2 Å². The third-order valence-corrected chi connectivity index (χ3v) is 6.33. The van der Waals surface area contributed by atoms with Crippen LogP contribution >= 0.6 is 11.3 Å². The number of rotatable bonds is 4. The molecule has 5 nitrogen and oxygen atoms in total. The van der Waals surface area contributed by atoms with Crippen molar-refractivity contribution in [2.24, 2.45) is 5.92 Å². The molecule has 0 saturated heterocycles. The van der Waals surface area contributed by atoms with Crippen molar-refractivity contribution in [1.29, 1.82) is 0 Å². The highest BCUT2D eigenvalue weighted by molar-refractivity contribution is 7.19. The van der Waals surface area contributed by atoms with Crippen LogP contribution in [0.15, 0.2) is 30.6 Å². The molecule has 1 aromatic carbocycles. The van der Waals surface area contributed by atoms with Crippen molar-refractivity contribution >= 4 is 27.4 Å². The first kappa shape index (κ1) is 17.2. The van der Waals surface area contributed by atoms with E-state index in [-0.39, 0.29) is 11.8 Å². The number of fused-ring (bicyclic) bond motifs is 3. The summed E-state index contributed by atoms with van der Waals surface area (Å²) in [6, 6.07) is 6.42. The Morgan fingerprint density at radius 1 is 1.23 bits per heavy atom. The zero-order chi connectivity index (χ0) is 18.3. The fourth-order valence-corrected chi connectivity index (χ4v) is 4.99. The summed E-state index contributed by atoms with van der Waals surface area (Å²) in [5, 5.41) is 24.6. The number of anilines is 1. The van der Waals surface area contributed by atoms with Crippen LogP contribution in [0.3, 0.4) is 0 Å².